The molecule has 1 aromatic rings. The second kappa shape index (κ2) is 7.58. The van der Waals surface area contributed by atoms with Crippen LogP contribution in [-0.2, 0) is 11.2 Å². The summed E-state index contributed by atoms with van der Waals surface area (Å²) in [4.78, 5) is 23.8. The van der Waals surface area contributed by atoms with Gasteiger partial charge in [-0.15, -0.1) is 6.58 Å². The van der Waals surface area contributed by atoms with E-state index in [0.717, 1.165) is 12.0 Å². The van der Waals surface area contributed by atoms with Crippen LogP contribution in [0.2, 0.25) is 0 Å². The normalized spacial score (nSPS) is 11.6. The van der Waals surface area contributed by atoms with Gasteiger partial charge in [0.05, 0.1) is 0 Å². The van der Waals surface area contributed by atoms with Crippen LogP contribution < -0.4 is 5.32 Å². The number of carboxylic acid groups (broad SMARTS) is 1. The van der Waals surface area contributed by atoms with E-state index in [2.05, 4.69) is 11.9 Å². The van der Waals surface area contributed by atoms with Crippen molar-refractivity contribution < 1.29 is 14.7 Å². The molecule has 1 atom stereocenters. The van der Waals surface area contributed by atoms with Crippen LogP contribution in [0.25, 0.3) is 0 Å². The Labute approximate surface area is 116 Å². The Hall–Kier alpha value is -1.82. The molecule has 2 N–H and O–H groups in total. The molecule has 0 aliphatic heterocycles. The highest BCUT2D eigenvalue weighted by molar-refractivity contribution is 7.07. The molecule has 0 saturated heterocycles. The predicted octanol–water partition coefficient (Wildman–Crippen LogP) is 1.96. The number of aliphatic carboxylic acids is 1. The number of amides is 2. The summed E-state index contributed by atoms with van der Waals surface area (Å²) in [6, 6.07) is 1.57. The van der Waals surface area contributed by atoms with Gasteiger partial charge in [0.2, 0.25) is 0 Å². The van der Waals surface area contributed by atoms with Crippen LogP contribution >= 0.6 is 11.3 Å². The van der Waals surface area contributed by atoms with Gasteiger partial charge in [-0.1, -0.05) is 6.08 Å². The minimum absolute atomic E-state index is 0.0526. The molecule has 5 nitrogen and oxygen atoms in total. The highest BCUT2D eigenvalue weighted by atomic mass is 32.1. The third-order valence-corrected chi connectivity index (χ3v) is 3.19. The summed E-state index contributed by atoms with van der Waals surface area (Å²) in [5.41, 5.74) is 1.16. The van der Waals surface area contributed by atoms with Crippen molar-refractivity contribution in [3.8, 4) is 0 Å². The lowest BCUT2D eigenvalue weighted by Gasteiger charge is -2.22. The van der Waals surface area contributed by atoms with Gasteiger partial charge in [0, 0.05) is 12.6 Å². The molecule has 0 aliphatic carbocycles. The van der Waals surface area contributed by atoms with Crippen LogP contribution in [0.15, 0.2) is 29.5 Å². The Morgan fingerprint density at radius 2 is 2.37 bits per heavy atom. The van der Waals surface area contributed by atoms with Crippen molar-refractivity contribution >= 4 is 23.3 Å². The smallest absolute Gasteiger partial charge is 0.323 e. The Morgan fingerprint density at radius 3 is 2.89 bits per heavy atom. The standard InChI is InChI=1S/C13H18N2O3S/c1-3-5-15(8-12(16)17)13(18)14-10(2)7-11-4-6-19-9-11/h3-4,6,9-10H,1,5,7-8H2,2H3,(H,14,18)(H,16,17). The summed E-state index contributed by atoms with van der Waals surface area (Å²) in [7, 11) is 0. The van der Waals surface area contributed by atoms with E-state index >= 15 is 0 Å². The Bertz CT molecular complexity index is 431. The quantitative estimate of drug-likeness (QED) is 0.751. The lowest BCUT2D eigenvalue weighted by atomic mass is 10.1. The average Bonchev–Trinajstić information content (AvgIpc) is 2.80. The molecule has 1 aromatic heterocycles. The number of urea groups is 1. The molecular formula is C13H18N2O3S. The second-order valence-corrected chi connectivity index (χ2v) is 5.03. The summed E-state index contributed by atoms with van der Waals surface area (Å²) < 4.78 is 0. The summed E-state index contributed by atoms with van der Waals surface area (Å²) >= 11 is 1.61. The number of carbonyl (C=O) groups is 2. The van der Waals surface area contributed by atoms with E-state index in [-0.39, 0.29) is 25.2 Å². The Morgan fingerprint density at radius 1 is 1.63 bits per heavy atom. The minimum atomic E-state index is -1.04. The van der Waals surface area contributed by atoms with Gasteiger partial charge >= 0.3 is 12.0 Å². The predicted molar refractivity (Wildman–Crippen MR) is 75.4 cm³/mol. The molecule has 1 unspecified atom stereocenters. The SMILES string of the molecule is C=CCN(CC(=O)O)C(=O)NC(C)Cc1ccsc1. The van der Waals surface area contributed by atoms with Crippen LogP contribution in [0.4, 0.5) is 4.79 Å². The van der Waals surface area contributed by atoms with Gasteiger partial charge in [-0.2, -0.15) is 11.3 Å². The first kappa shape index (κ1) is 15.2. The van der Waals surface area contributed by atoms with Crippen LogP contribution in [0.1, 0.15) is 12.5 Å². The fraction of sp³-hybridized carbons (Fsp3) is 0.385. The monoisotopic (exact) mass is 282 g/mol. The van der Waals surface area contributed by atoms with Crippen molar-refractivity contribution in [3.05, 3.63) is 35.0 Å². The number of hydrogen-bond donors (Lipinski definition) is 2. The van der Waals surface area contributed by atoms with E-state index in [1.807, 2.05) is 23.8 Å². The minimum Gasteiger partial charge on any atom is -0.480 e. The molecule has 19 heavy (non-hydrogen) atoms. The molecular weight excluding hydrogens is 264 g/mol. The van der Waals surface area contributed by atoms with Crippen LogP contribution in [0, 0.1) is 0 Å². The van der Waals surface area contributed by atoms with Crippen molar-refractivity contribution in [1.82, 2.24) is 10.2 Å². The zero-order chi connectivity index (χ0) is 14.3. The Balaban J connectivity index is 2.50. The van der Waals surface area contributed by atoms with Gasteiger partial charge in [0.15, 0.2) is 0 Å². The molecule has 0 aromatic carbocycles. The van der Waals surface area contributed by atoms with E-state index in [9.17, 15) is 9.59 Å². The fourth-order valence-electron chi connectivity index (χ4n) is 1.65. The molecule has 0 radical (unpaired) electrons. The summed E-state index contributed by atoms with van der Waals surface area (Å²) in [5.74, 6) is -1.04. The summed E-state index contributed by atoms with van der Waals surface area (Å²) in [6.45, 7) is 5.29. The van der Waals surface area contributed by atoms with Crippen LogP contribution in [-0.4, -0.2) is 41.1 Å². The van der Waals surface area contributed by atoms with Gasteiger partial charge < -0.3 is 15.3 Å². The van der Waals surface area contributed by atoms with E-state index in [4.69, 9.17) is 5.11 Å². The molecule has 1 heterocycles. The third-order valence-electron chi connectivity index (χ3n) is 2.45. The molecule has 0 aliphatic rings. The highest BCUT2D eigenvalue weighted by Gasteiger charge is 2.17. The van der Waals surface area contributed by atoms with Crippen LogP contribution in [0.3, 0.4) is 0 Å². The number of hydrogen-bond acceptors (Lipinski definition) is 3. The second-order valence-electron chi connectivity index (χ2n) is 4.25. The lowest BCUT2D eigenvalue weighted by Crippen LogP contribution is -2.46. The van der Waals surface area contributed by atoms with Gasteiger partial charge in [-0.3, -0.25) is 4.79 Å². The van der Waals surface area contributed by atoms with E-state index in [1.165, 1.54) is 11.0 Å². The maximum atomic E-state index is 11.9. The van der Waals surface area contributed by atoms with Crippen molar-refractivity contribution in [2.24, 2.45) is 0 Å². The fourth-order valence-corrected chi connectivity index (χ4v) is 2.34. The van der Waals surface area contributed by atoms with Crippen LogP contribution in [0.5, 0.6) is 0 Å². The Kier molecular flexibility index (Phi) is 6.08. The number of nitrogens with one attached hydrogen (secondary N) is 1. The van der Waals surface area contributed by atoms with Crippen molar-refractivity contribution in [3.63, 3.8) is 0 Å². The molecule has 0 spiro atoms. The number of carbonyl (C=O) groups excluding carboxylic acids is 1. The van der Waals surface area contributed by atoms with Gasteiger partial charge in [0.25, 0.3) is 0 Å². The molecule has 0 fully saturated rings. The van der Waals surface area contributed by atoms with E-state index < -0.39 is 5.97 Å². The van der Waals surface area contributed by atoms with Gasteiger partial charge in [0.1, 0.15) is 6.54 Å². The largest absolute Gasteiger partial charge is 0.480 e. The third kappa shape index (κ3) is 5.56. The van der Waals surface area contributed by atoms with Crippen molar-refractivity contribution in [2.45, 2.75) is 19.4 Å². The van der Waals surface area contributed by atoms with Gasteiger partial charge in [-0.05, 0) is 35.7 Å². The number of nitrogens with zero attached hydrogens (tertiary/aromatic N) is 1. The molecule has 1 rings (SSSR count). The molecule has 0 saturated carbocycles. The zero-order valence-corrected chi connectivity index (χ0v) is 11.7. The highest BCUT2D eigenvalue weighted by Crippen LogP contribution is 2.08. The molecule has 6 heteroatoms. The van der Waals surface area contributed by atoms with E-state index in [0.29, 0.717) is 0 Å². The first-order chi connectivity index (χ1) is 9.02. The van der Waals surface area contributed by atoms with Gasteiger partial charge in [-0.25, -0.2) is 4.79 Å². The number of thiophene rings is 1. The average molecular weight is 282 g/mol. The molecule has 104 valence electrons. The van der Waals surface area contributed by atoms with Crippen molar-refractivity contribution in [1.29, 1.82) is 0 Å². The first-order valence-electron chi connectivity index (χ1n) is 5.92. The van der Waals surface area contributed by atoms with Crippen molar-refractivity contribution in [2.75, 3.05) is 13.1 Å². The topological polar surface area (TPSA) is 69.6 Å². The first-order valence-corrected chi connectivity index (χ1v) is 6.86. The summed E-state index contributed by atoms with van der Waals surface area (Å²) in [5, 5.41) is 15.5. The maximum absolute atomic E-state index is 11.9. The lowest BCUT2D eigenvalue weighted by molar-refractivity contribution is -0.137. The maximum Gasteiger partial charge on any atom is 0.323 e. The molecule has 2 amide bonds. The van der Waals surface area contributed by atoms with E-state index in [1.54, 1.807) is 11.3 Å². The number of rotatable bonds is 7. The zero-order valence-electron chi connectivity index (χ0n) is 10.8. The molecule has 0 bridgehead atoms. The number of carboxylic acids is 1. The summed E-state index contributed by atoms with van der Waals surface area (Å²) in [6.07, 6.45) is 2.23.